The van der Waals surface area contributed by atoms with Crippen LogP contribution in [0.1, 0.15) is 0 Å². The molecule has 1 aromatic carbocycles. The average Bonchev–Trinajstić information content (AvgIpc) is 2.14. The third-order valence-electron chi connectivity index (χ3n) is 1.16. The lowest BCUT2D eigenvalue weighted by atomic mass is 10.3. The molecule has 0 aliphatic carbocycles. The quantitative estimate of drug-likeness (QED) is 0.486. The monoisotopic (exact) mass is 235 g/mol. The van der Waals surface area contributed by atoms with E-state index in [1.165, 1.54) is 12.1 Å². The molecule has 14 heavy (non-hydrogen) atoms. The fourth-order valence-corrected chi connectivity index (χ4v) is 1.43. The maximum atomic E-state index is 10.2. The van der Waals surface area contributed by atoms with Gasteiger partial charge in [0.1, 0.15) is 0 Å². The largest absolute Gasteiger partial charge is 0.316 e. The van der Waals surface area contributed by atoms with E-state index < -0.39 is 10.5 Å². The molecule has 6 nitrogen and oxygen atoms in total. The molecule has 0 aliphatic rings. The van der Waals surface area contributed by atoms with Gasteiger partial charge in [-0.15, -0.1) is 8.70 Å². The molecule has 76 valence electrons. The minimum absolute atomic E-state index is 0.268. The zero-order valence-electron chi connectivity index (χ0n) is 6.65. The number of benzene rings is 1. The first-order chi connectivity index (χ1) is 6.72. The summed E-state index contributed by atoms with van der Waals surface area (Å²) in [5.74, 6) is 0. The lowest BCUT2D eigenvalue weighted by Gasteiger charge is -1.96. The van der Waals surface area contributed by atoms with Crippen molar-refractivity contribution in [3.63, 3.8) is 0 Å². The van der Waals surface area contributed by atoms with Crippen LogP contribution in [0, 0.1) is 0 Å². The van der Waals surface area contributed by atoms with E-state index in [1.807, 2.05) is 0 Å². The first-order valence-electron chi connectivity index (χ1n) is 3.28. The van der Waals surface area contributed by atoms with Gasteiger partial charge >= 0.3 is 10.5 Å². The topological polar surface area (TPSA) is 85.2 Å². The molecular formula is C6H5NO5S2. The number of hydrogen-bond acceptors (Lipinski definition) is 7. The van der Waals surface area contributed by atoms with Crippen LogP contribution in [0.15, 0.2) is 33.5 Å². The molecular weight excluding hydrogens is 230 g/mol. The molecule has 1 rings (SSSR count). The Labute approximate surface area is 85.2 Å². The molecule has 1 aromatic rings. The molecule has 0 fully saturated rings. The predicted molar refractivity (Wildman–Crippen MR) is 48.1 cm³/mol. The van der Waals surface area contributed by atoms with Gasteiger partial charge in [-0.3, -0.25) is 0 Å². The summed E-state index contributed by atoms with van der Waals surface area (Å²) in [6.07, 6.45) is 0. The molecule has 0 amide bonds. The summed E-state index contributed by atoms with van der Waals surface area (Å²) < 4.78 is 27.9. The number of rotatable bonds is 4. The summed E-state index contributed by atoms with van der Waals surface area (Å²) >= 11 is 0.728. The van der Waals surface area contributed by atoms with Crippen molar-refractivity contribution in [2.24, 2.45) is 4.36 Å². The molecule has 0 radical (unpaired) electrons. The lowest BCUT2D eigenvalue weighted by Crippen LogP contribution is -1.77. The second kappa shape index (κ2) is 5.73. The van der Waals surface area contributed by atoms with E-state index in [2.05, 4.69) is 13.7 Å². The predicted octanol–water partition coefficient (Wildman–Crippen LogP) is 1.81. The van der Waals surface area contributed by atoms with Gasteiger partial charge in [-0.2, -0.15) is 8.42 Å². The Morgan fingerprint density at radius 3 is 2.86 bits per heavy atom. The van der Waals surface area contributed by atoms with E-state index >= 15 is 0 Å². The zero-order chi connectivity index (χ0) is 10.4. The maximum absolute atomic E-state index is 10.2. The Kier molecular flexibility index (Phi) is 4.56. The normalized spacial score (nSPS) is 9.79. The first kappa shape index (κ1) is 11.1. The van der Waals surface area contributed by atoms with Gasteiger partial charge in [0, 0.05) is 4.90 Å². The summed E-state index contributed by atoms with van der Waals surface area (Å²) in [6.45, 7) is 0. The van der Waals surface area contributed by atoms with Crippen molar-refractivity contribution >= 4 is 28.2 Å². The van der Waals surface area contributed by atoms with Gasteiger partial charge in [0.25, 0.3) is 0 Å². The maximum Gasteiger partial charge on any atom is 0.316 e. The van der Waals surface area contributed by atoms with E-state index in [9.17, 15) is 8.42 Å². The van der Waals surface area contributed by atoms with Crippen LogP contribution in [0.3, 0.4) is 0 Å². The Balaban J connectivity index is 2.84. The molecule has 8 heteroatoms. The summed E-state index contributed by atoms with van der Waals surface area (Å²) in [5.41, 5.74) is 0.268. The van der Waals surface area contributed by atoms with Crippen molar-refractivity contribution in [3.05, 3.63) is 24.3 Å². The van der Waals surface area contributed by atoms with Crippen LogP contribution in [0.5, 0.6) is 0 Å². The van der Waals surface area contributed by atoms with Gasteiger partial charge in [-0.05, 0) is 18.2 Å². The molecule has 0 atom stereocenters. The minimum atomic E-state index is -2.49. The number of nitrogens with zero attached hydrogens (tertiary/aromatic N) is 1. The zero-order valence-corrected chi connectivity index (χ0v) is 8.29. The molecule has 0 heterocycles. The van der Waals surface area contributed by atoms with Crippen LogP contribution >= 0.6 is 12.0 Å². The fourth-order valence-electron chi connectivity index (χ4n) is 0.733. The van der Waals surface area contributed by atoms with Gasteiger partial charge in [0.15, 0.2) is 0 Å². The van der Waals surface area contributed by atoms with Crippen molar-refractivity contribution in [2.75, 3.05) is 0 Å². The Bertz CT molecular complexity index is 422. The molecule has 0 aromatic heterocycles. The van der Waals surface area contributed by atoms with E-state index in [1.54, 1.807) is 12.1 Å². The van der Waals surface area contributed by atoms with Gasteiger partial charge < -0.3 is 0 Å². The molecule has 0 bridgehead atoms. The van der Waals surface area contributed by atoms with Crippen molar-refractivity contribution in [3.8, 4) is 0 Å². The van der Waals surface area contributed by atoms with Gasteiger partial charge in [0.05, 0.1) is 17.7 Å². The third kappa shape index (κ3) is 3.85. The molecule has 0 unspecified atom stereocenters. The van der Waals surface area contributed by atoms with E-state index in [0.29, 0.717) is 4.90 Å². The van der Waals surface area contributed by atoms with Gasteiger partial charge in [0.2, 0.25) is 0 Å². The fraction of sp³-hybridized carbons (Fsp3) is 0. The highest BCUT2D eigenvalue weighted by molar-refractivity contribution is 7.94. The third-order valence-corrected chi connectivity index (χ3v) is 2.09. The highest BCUT2D eigenvalue weighted by Crippen LogP contribution is 2.23. The van der Waals surface area contributed by atoms with Crippen LogP contribution in [0.25, 0.3) is 0 Å². The molecule has 0 aliphatic heterocycles. The average molecular weight is 235 g/mol. The summed E-state index contributed by atoms with van der Waals surface area (Å²) in [6, 6.07) is 6.20. The second-order valence-electron chi connectivity index (χ2n) is 2.03. The summed E-state index contributed by atoms with van der Waals surface area (Å²) in [4.78, 5) is 0.547. The molecule has 0 saturated heterocycles. The standard InChI is InChI=1S/C6H5NO5S2/c8-11-12-13-6-3-1-2-5(4-6)7-14(9)10/h1-4,8H. The molecule has 0 saturated carbocycles. The molecule has 0 spiro atoms. The van der Waals surface area contributed by atoms with Crippen LogP contribution in [0.2, 0.25) is 0 Å². The second-order valence-corrected chi connectivity index (χ2v) is 3.42. The van der Waals surface area contributed by atoms with Gasteiger partial charge in [-0.1, -0.05) is 11.1 Å². The van der Waals surface area contributed by atoms with Crippen molar-refractivity contribution in [1.82, 2.24) is 0 Å². The molecule has 1 N–H and O–H groups in total. The van der Waals surface area contributed by atoms with Crippen LogP contribution in [-0.2, 0) is 19.9 Å². The van der Waals surface area contributed by atoms with Crippen molar-refractivity contribution in [2.45, 2.75) is 4.90 Å². The Hall–Kier alpha value is -0.930. The number of hydrogen-bond donors (Lipinski definition) is 1. The first-order valence-corrected chi connectivity index (χ1v) is 5.05. The Morgan fingerprint density at radius 1 is 1.43 bits per heavy atom. The van der Waals surface area contributed by atoms with Crippen molar-refractivity contribution in [1.29, 1.82) is 0 Å². The van der Waals surface area contributed by atoms with Crippen molar-refractivity contribution < 1.29 is 23.0 Å². The van der Waals surface area contributed by atoms with Gasteiger partial charge in [-0.25, -0.2) is 5.26 Å². The van der Waals surface area contributed by atoms with Crippen LogP contribution in [0.4, 0.5) is 5.69 Å². The van der Waals surface area contributed by atoms with E-state index in [0.717, 1.165) is 12.0 Å². The summed E-state index contributed by atoms with van der Waals surface area (Å²) in [7, 11) is -2.49. The minimum Gasteiger partial charge on any atom is -0.220 e. The van der Waals surface area contributed by atoms with Crippen LogP contribution in [-0.4, -0.2) is 13.7 Å². The highest BCUT2D eigenvalue weighted by Gasteiger charge is 1.97. The smallest absolute Gasteiger partial charge is 0.220 e. The van der Waals surface area contributed by atoms with E-state index in [4.69, 9.17) is 5.26 Å². The van der Waals surface area contributed by atoms with Crippen LogP contribution < -0.4 is 0 Å². The van der Waals surface area contributed by atoms with E-state index in [-0.39, 0.29) is 5.69 Å². The lowest BCUT2D eigenvalue weighted by molar-refractivity contribution is -0.432. The Morgan fingerprint density at radius 2 is 2.21 bits per heavy atom. The SMILES string of the molecule is O=S(=O)=Nc1cccc(SOOO)c1. The highest BCUT2D eigenvalue weighted by atomic mass is 32.2. The summed E-state index contributed by atoms with van der Waals surface area (Å²) in [5, 5.41) is 11.3.